The molecule has 80 valence electrons. The highest BCUT2D eigenvalue weighted by Gasteiger charge is 2.36. The molecule has 15 heavy (non-hydrogen) atoms. The molecular weight excluding hydrogens is 190 g/mol. The summed E-state index contributed by atoms with van der Waals surface area (Å²) in [7, 11) is 0. The highest BCUT2D eigenvalue weighted by atomic mass is 16.5. The lowest BCUT2D eigenvalue weighted by molar-refractivity contribution is -0.145. The SMILES string of the molecule is CC1CC1OC(=O)CCc1cccnc1. The standard InChI is InChI=1S/C12H15NO2/c1-9-7-11(9)15-12(14)5-4-10-3-2-6-13-8-10/h2-3,6,8-9,11H,4-5,7H2,1H3. The third-order valence-electron chi connectivity index (χ3n) is 2.66. The summed E-state index contributed by atoms with van der Waals surface area (Å²) in [5.41, 5.74) is 1.08. The minimum absolute atomic E-state index is 0.0896. The molecule has 3 heteroatoms. The summed E-state index contributed by atoms with van der Waals surface area (Å²) in [5, 5.41) is 0. The molecule has 1 aromatic rings. The molecule has 0 amide bonds. The number of pyridine rings is 1. The van der Waals surface area contributed by atoms with Crippen molar-refractivity contribution in [3.63, 3.8) is 0 Å². The number of carbonyl (C=O) groups excluding carboxylic acids is 1. The summed E-state index contributed by atoms with van der Waals surface area (Å²) < 4.78 is 5.24. The number of ether oxygens (including phenoxy) is 1. The van der Waals surface area contributed by atoms with Gasteiger partial charge in [0.15, 0.2) is 0 Å². The van der Waals surface area contributed by atoms with Crippen LogP contribution in [0.3, 0.4) is 0 Å². The van der Waals surface area contributed by atoms with E-state index in [2.05, 4.69) is 11.9 Å². The van der Waals surface area contributed by atoms with Crippen LogP contribution in [0.2, 0.25) is 0 Å². The first kappa shape index (κ1) is 10.1. The Bertz CT molecular complexity index is 337. The predicted octanol–water partition coefficient (Wildman–Crippen LogP) is 1.97. The van der Waals surface area contributed by atoms with E-state index in [9.17, 15) is 4.79 Å². The van der Waals surface area contributed by atoms with Crippen LogP contribution in [0.5, 0.6) is 0 Å². The van der Waals surface area contributed by atoms with Crippen molar-refractivity contribution in [3.05, 3.63) is 30.1 Å². The van der Waals surface area contributed by atoms with Crippen molar-refractivity contribution in [2.75, 3.05) is 0 Å². The topological polar surface area (TPSA) is 39.2 Å². The van der Waals surface area contributed by atoms with Crippen LogP contribution in [0.1, 0.15) is 25.3 Å². The lowest BCUT2D eigenvalue weighted by Gasteiger charge is -2.03. The molecule has 0 radical (unpaired) electrons. The van der Waals surface area contributed by atoms with E-state index in [0.29, 0.717) is 18.8 Å². The lowest BCUT2D eigenvalue weighted by atomic mass is 10.2. The zero-order valence-corrected chi connectivity index (χ0v) is 8.85. The van der Waals surface area contributed by atoms with E-state index in [-0.39, 0.29) is 12.1 Å². The minimum Gasteiger partial charge on any atom is -0.462 e. The molecule has 1 aliphatic rings. The van der Waals surface area contributed by atoms with Gasteiger partial charge in [0.25, 0.3) is 0 Å². The molecule has 0 aromatic carbocycles. The summed E-state index contributed by atoms with van der Waals surface area (Å²) in [5.74, 6) is 0.473. The second-order valence-electron chi connectivity index (χ2n) is 4.10. The molecule has 0 N–H and O–H groups in total. The maximum absolute atomic E-state index is 11.4. The van der Waals surface area contributed by atoms with Gasteiger partial charge in [-0.3, -0.25) is 9.78 Å². The monoisotopic (exact) mass is 205 g/mol. The van der Waals surface area contributed by atoms with Crippen molar-refractivity contribution in [1.29, 1.82) is 0 Å². The summed E-state index contributed by atoms with van der Waals surface area (Å²) in [6.45, 7) is 2.10. The third kappa shape index (κ3) is 3.05. The molecule has 1 saturated carbocycles. The zero-order chi connectivity index (χ0) is 10.7. The average Bonchev–Trinajstić information content (AvgIpc) is 2.93. The number of hydrogen-bond donors (Lipinski definition) is 0. The van der Waals surface area contributed by atoms with E-state index in [1.165, 1.54) is 0 Å². The minimum atomic E-state index is -0.0896. The van der Waals surface area contributed by atoms with Crippen molar-refractivity contribution in [2.24, 2.45) is 5.92 Å². The highest BCUT2D eigenvalue weighted by Crippen LogP contribution is 2.32. The van der Waals surface area contributed by atoms with E-state index < -0.39 is 0 Å². The maximum atomic E-state index is 11.4. The fourth-order valence-electron chi connectivity index (χ4n) is 1.47. The van der Waals surface area contributed by atoms with Crippen molar-refractivity contribution in [1.82, 2.24) is 4.98 Å². The van der Waals surface area contributed by atoms with Gasteiger partial charge in [-0.15, -0.1) is 0 Å². The second kappa shape index (κ2) is 4.43. The van der Waals surface area contributed by atoms with Crippen LogP contribution in [0.15, 0.2) is 24.5 Å². The van der Waals surface area contributed by atoms with Gasteiger partial charge in [0.05, 0.1) is 0 Å². The first-order chi connectivity index (χ1) is 7.25. The number of esters is 1. The molecule has 0 saturated heterocycles. The van der Waals surface area contributed by atoms with Gasteiger partial charge in [-0.1, -0.05) is 13.0 Å². The number of rotatable bonds is 4. The number of aromatic nitrogens is 1. The smallest absolute Gasteiger partial charge is 0.306 e. The summed E-state index contributed by atoms with van der Waals surface area (Å²) in [6, 6.07) is 3.85. The number of carbonyl (C=O) groups is 1. The molecule has 1 fully saturated rings. The number of nitrogens with zero attached hydrogens (tertiary/aromatic N) is 1. The number of aryl methyl sites for hydroxylation is 1. The van der Waals surface area contributed by atoms with Crippen molar-refractivity contribution < 1.29 is 9.53 Å². The normalized spacial score (nSPS) is 23.5. The largest absolute Gasteiger partial charge is 0.462 e. The van der Waals surface area contributed by atoms with Crippen molar-refractivity contribution in [3.8, 4) is 0 Å². The van der Waals surface area contributed by atoms with Gasteiger partial charge in [0, 0.05) is 18.8 Å². The van der Waals surface area contributed by atoms with Gasteiger partial charge in [0.2, 0.25) is 0 Å². The van der Waals surface area contributed by atoms with Crippen LogP contribution in [0.25, 0.3) is 0 Å². The Morgan fingerprint density at radius 2 is 2.47 bits per heavy atom. The van der Waals surface area contributed by atoms with Crippen LogP contribution in [-0.4, -0.2) is 17.1 Å². The fraction of sp³-hybridized carbons (Fsp3) is 0.500. The Hall–Kier alpha value is -1.38. The fourth-order valence-corrected chi connectivity index (χ4v) is 1.47. The van der Waals surface area contributed by atoms with E-state index in [1.54, 1.807) is 12.4 Å². The molecule has 3 nitrogen and oxygen atoms in total. The Kier molecular flexibility index (Phi) is 2.99. The summed E-state index contributed by atoms with van der Waals surface area (Å²) in [4.78, 5) is 15.4. The highest BCUT2D eigenvalue weighted by molar-refractivity contribution is 5.70. The van der Waals surface area contributed by atoms with Crippen LogP contribution in [0.4, 0.5) is 0 Å². The molecular formula is C12H15NO2. The van der Waals surface area contributed by atoms with Crippen molar-refractivity contribution >= 4 is 5.97 Å². The molecule has 2 rings (SSSR count). The second-order valence-corrected chi connectivity index (χ2v) is 4.10. The summed E-state index contributed by atoms with van der Waals surface area (Å²) >= 11 is 0. The van der Waals surface area contributed by atoms with E-state index in [1.807, 2.05) is 12.1 Å². The van der Waals surface area contributed by atoms with Crippen LogP contribution in [-0.2, 0) is 16.0 Å². The Morgan fingerprint density at radius 3 is 3.07 bits per heavy atom. The third-order valence-corrected chi connectivity index (χ3v) is 2.66. The zero-order valence-electron chi connectivity index (χ0n) is 8.85. The molecule has 0 bridgehead atoms. The Morgan fingerprint density at radius 1 is 1.67 bits per heavy atom. The van der Waals surface area contributed by atoms with Gasteiger partial charge in [-0.2, -0.15) is 0 Å². The molecule has 2 atom stereocenters. The summed E-state index contributed by atoms with van der Waals surface area (Å²) in [6.07, 6.45) is 5.90. The molecule has 2 unspecified atom stereocenters. The quantitative estimate of drug-likeness (QED) is 0.705. The van der Waals surface area contributed by atoms with Gasteiger partial charge in [0.1, 0.15) is 6.10 Å². The molecule has 1 aliphatic carbocycles. The number of hydrogen-bond acceptors (Lipinski definition) is 3. The van der Waals surface area contributed by atoms with Gasteiger partial charge in [-0.05, 0) is 30.4 Å². The molecule has 0 spiro atoms. The maximum Gasteiger partial charge on any atom is 0.306 e. The molecule has 1 heterocycles. The van der Waals surface area contributed by atoms with Crippen LogP contribution < -0.4 is 0 Å². The predicted molar refractivity (Wildman–Crippen MR) is 56.2 cm³/mol. The first-order valence-corrected chi connectivity index (χ1v) is 5.34. The van der Waals surface area contributed by atoms with E-state index in [4.69, 9.17) is 4.74 Å². The van der Waals surface area contributed by atoms with Gasteiger partial charge >= 0.3 is 5.97 Å². The lowest BCUT2D eigenvalue weighted by Crippen LogP contribution is -2.08. The van der Waals surface area contributed by atoms with Crippen LogP contribution >= 0.6 is 0 Å². The Balaban J connectivity index is 1.71. The first-order valence-electron chi connectivity index (χ1n) is 5.34. The Labute approximate surface area is 89.5 Å². The van der Waals surface area contributed by atoms with Crippen LogP contribution in [0, 0.1) is 5.92 Å². The van der Waals surface area contributed by atoms with Gasteiger partial charge in [-0.25, -0.2) is 0 Å². The molecule has 0 aliphatic heterocycles. The van der Waals surface area contributed by atoms with E-state index >= 15 is 0 Å². The molecule has 1 aromatic heterocycles. The van der Waals surface area contributed by atoms with E-state index in [0.717, 1.165) is 12.0 Å². The van der Waals surface area contributed by atoms with Crippen molar-refractivity contribution in [2.45, 2.75) is 32.3 Å². The van der Waals surface area contributed by atoms with Gasteiger partial charge < -0.3 is 4.74 Å². The average molecular weight is 205 g/mol.